The Morgan fingerprint density at radius 1 is 1.23 bits per heavy atom. The van der Waals surface area contributed by atoms with Gasteiger partial charge in [0.1, 0.15) is 10.5 Å². The van der Waals surface area contributed by atoms with Crippen molar-refractivity contribution in [3.63, 3.8) is 0 Å². The SMILES string of the molecule is Cl.O=C(Nc1cccc(-c2nccs2)c1)C1(n2cccn2)CCNCC1. The van der Waals surface area contributed by atoms with Gasteiger partial charge in [-0.25, -0.2) is 4.98 Å². The summed E-state index contributed by atoms with van der Waals surface area (Å²) in [6.45, 7) is 1.60. The van der Waals surface area contributed by atoms with E-state index in [9.17, 15) is 4.79 Å². The molecule has 136 valence electrons. The van der Waals surface area contributed by atoms with Gasteiger partial charge in [0.15, 0.2) is 0 Å². The van der Waals surface area contributed by atoms with Gasteiger partial charge in [-0.05, 0) is 44.1 Å². The van der Waals surface area contributed by atoms with Crippen LogP contribution in [-0.4, -0.2) is 33.8 Å². The highest BCUT2D eigenvalue weighted by molar-refractivity contribution is 7.13. The first-order valence-corrected chi connectivity index (χ1v) is 9.18. The van der Waals surface area contributed by atoms with Crippen molar-refractivity contribution >= 4 is 35.3 Å². The number of hydrogen-bond donors (Lipinski definition) is 2. The highest BCUT2D eigenvalue weighted by Gasteiger charge is 2.42. The molecule has 2 aromatic heterocycles. The molecule has 1 amide bonds. The fourth-order valence-corrected chi connectivity index (χ4v) is 3.90. The van der Waals surface area contributed by atoms with Crippen LogP contribution in [0.25, 0.3) is 10.6 Å². The van der Waals surface area contributed by atoms with E-state index in [4.69, 9.17) is 0 Å². The van der Waals surface area contributed by atoms with E-state index in [-0.39, 0.29) is 18.3 Å². The van der Waals surface area contributed by atoms with Crippen LogP contribution in [0.5, 0.6) is 0 Å². The number of nitrogens with one attached hydrogen (secondary N) is 2. The number of rotatable bonds is 4. The van der Waals surface area contributed by atoms with Gasteiger partial charge in [0, 0.05) is 35.2 Å². The molecule has 26 heavy (non-hydrogen) atoms. The van der Waals surface area contributed by atoms with Crippen molar-refractivity contribution in [1.82, 2.24) is 20.1 Å². The number of nitrogens with zero attached hydrogens (tertiary/aromatic N) is 3. The number of benzene rings is 1. The summed E-state index contributed by atoms with van der Waals surface area (Å²) in [4.78, 5) is 17.5. The Kier molecular flexibility index (Phi) is 5.70. The smallest absolute Gasteiger partial charge is 0.252 e. The van der Waals surface area contributed by atoms with Crippen LogP contribution in [-0.2, 0) is 10.3 Å². The molecule has 1 fully saturated rings. The lowest BCUT2D eigenvalue weighted by Crippen LogP contribution is -2.52. The second-order valence-electron chi connectivity index (χ2n) is 6.10. The standard InChI is InChI=1S/C18H19N5OS.ClH/c24-17(18(5-8-19-9-6-18)23-11-2-7-21-23)22-15-4-1-3-14(13-15)16-20-10-12-25-16;/h1-4,7,10-13,19H,5-6,8-9H2,(H,22,24);1H. The minimum atomic E-state index is -0.647. The summed E-state index contributed by atoms with van der Waals surface area (Å²) in [6, 6.07) is 9.68. The molecule has 0 bridgehead atoms. The van der Waals surface area contributed by atoms with Crippen LogP contribution in [0.4, 0.5) is 5.69 Å². The maximum atomic E-state index is 13.2. The summed E-state index contributed by atoms with van der Waals surface area (Å²) in [5.74, 6) is -0.0195. The maximum absolute atomic E-state index is 13.2. The molecule has 4 rings (SSSR count). The van der Waals surface area contributed by atoms with Crippen molar-refractivity contribution in [2.24, 2.45) is 0 Å². The van der Waals surface area contributed by atoms with Crippen molar-refractivity contribution in [1.29, 1.82) is 0 Å². The molecule has 1 saturated heterocycles. The third-order valence-electron chi connectivity index (χ3n) is 4.60. The summed E-state index contributed by atoms with van der Waals surface area (Å²) in [7, 11) is 0. The molecule has 0 aliphatic carbocycles. The first-order valence-electron chi connectivity index (χ1n) is 8.30. The molecular formula is C18H20ClN5OS. The molecule has 0 saturated carbocycles. The van der Waals surface area contributed by atoms with Gasteiger partial charge in [-0.1, -0.05) is 12.1 Å². The minimum absolute atomic E-state index is 0. The molecule has 1 aliphatic rings. The minimum Gasteiger partial charge on any atom is -0.324 e. The summed E-state index contributed by atoms with van der Waals surface area (Å²) in [5.41, 5.74) is 1.14. The predicted molar refractivity (Wildman–Crippen MR) is 106 cm³/mol. The monoisotopic (exact) mass is 389 g/mol. The topological polar surface area (TPSA) is 71.8 Å². The molecular weight excluding hydrogens is 370 g/mol. The van der Waals surface area contributed by atoms with E-state index in [0.29, 0.717) is 12.8 Å². The lowest BCUT2D eigenvalue weighted by atomic mass is 9.87. The van der Waals surface area contributed by atoms with E-state index in [0.717, 1.165) is 29.3 Å². The van der Waals surface area contributed by atoms with Crippen LogP contribution in [0.1, 0.15) is 12.8 Å². The molecule has 2 N–H and O–H groups in total. The molecule has 1 aliphatic heterocycles. The molecule has 3 aromatic rings. The number of carbonyl (C=O) groups is 1. The highest BCUT2D eigenvalue weighted by atomic mass is 35.5. The van der Waals surface area contributed by atoms with Gasteiger partial charge in [-0.3, -0.25) is 9.48 Å². The van der Waals surface area contributed by atoms with E-state index >= 15 is 0 Å². The Morgan fingerprint density at radius 2 is 2.08 bits per heavy atom. The Morgan fingerprint density at radius 3 is 2.77 bits per heavy atom. The van der Waals surface area contributed by atoms with Crippen LogP contribution < -0.4 is 10.6 Å². The largest absolute Gasteiger partial charge is 0.324 e. The second-order valence-corrected chi connectivity index (χ2v) is 7.00. The lowest BCUT2D eigenvalue weighted by Gasteiger charge is -2.36. The molecule has 0 spiro atoms. The van der Waals surface area contributed by atoms with E-state index in [1.54, 1.807) is 28.4 Å². The number of carbonyl (C=O) groups excluding carboxylic acids is 1. The van der Waals surface area contributed by atoms with Crippen LogP contribution in [0, 0.1) is 0 Å². The van der Waals surface area contributed by atoms with Gasteiger partial charge < -0.3 is 10.6 Å². The van der Waals surface area contributed by atoms with Crippen LogP contribution in [0.2, 0.25) is 0 Å². The maximum Gasteiger partial charge on any atom is 0.252 e. The van der Waals surface area contributed by atoms with E-state index < -0.39 is 5.54 Å². The summed E-state index contributed by atoms with van der Waals surface area (Å²) in [5, 5.41) is 13.7. The fourth-order valence-electron chi connectivity index (χ4n) is 3.27. The van der Waals surface area contributed by atoms with Gasteiger partial charge in [0.25, 0.3) is 5.91 Å². The summed E-state index contributed by atoms with van der Waals surface area (Å²) in [6.07, 6.45) is 6.81. The van der Waals surface area contributed by atoms with Gasteiger partial charge >= 0.3 is 0 Å². The molecule has 3 heterocycles. The van der Waals surface area contributed by atoms with Gasteiger partial charge in [-0.2, -0.15) is 5.10 Å². The summed E-state index contributed by atoms with van der Waals surface area (Å²) >= 11 is 1.58. The molecule has 0 atom stereocenters. The zero-order valence-electron chi connectivity index (χ0n) is 14.1. The van der Waals surface area contributed by atoms with E-state index in [2.05, 4.69) is 20.7 Å². The van der Waals surface area contributed by atoms with Gasteiger partial charge in [0.2, 0.25) is 0 Å². The van der Waals surface area contributed by atoms with Crippen molar-refractivity contribution in [3.05, 3.63) is 54.3 Å². The highest BCUT2D eigenvalue weighted by Crippen LogP contribution is 2.30. The van der Waals surface area contributed by atoms with Crippen LogP contribution >= 0.6 is 23.7 Å². The predicted octanol–water partition coefficient (Wildman–Crippen LogP) is 3.15. The van der Waals surface area contributed by atoms with Crippen molar-refractivity contribution in [3.8, 4) is 10.6 Å². The number of amides is 1. The lowest BCUT2D eigenvalue weighted by molar-refractivity contribution is -0.126. The number of thiazole rings is 1. The average Bonchev–Trinajstić information content (AvgIpc) is 3.36. The van der Waals surface area contributed by atoms with Gasteiger partial charge in [-0.15, -0.1) is 23.7 Å². The van der Waals surface area contributed by atoms with Crippen LogP contribution in [0.3, 0.4) is 0 Å². The zero-order valence-corrected chi connectivity index (χ0v) is 15.7. The number of hydrogen-bond acceptors (Lipinski definition) is 5. The number of halogens is 1. The number of piperidine rings is 1. The summed E-state index contributed by atoms with van der Waals surface area (Å²) < 4.78 is 1.80. The fraction of sp³-hybridized carbons (Fsp3) is 0.278. The molecule has 0 radical (unpaired) electrons. The molecule has 1 aromatic carbocycles. The van der Waals surface area contributed by atoms with Crippen molar-refractivity contribution < 1.29 is 4.79 Å². The third kappa shape index (κ3) is 3.51. The number of anilines is 1. The Bertz CT molecular complexity index is 844. The Balaban J connectivity index is 0.00000196. The zero-order chi connectivity index (χ0) is 17.1. The van der Waals surface area contributed by atoms with Crippen LogP contribution in [0.15, 0.2) is 54.3 Å². The Labute approximate surface area is 162 Å². The van der Waals surface area contributed by atoms with Gasteiger partial charge in [0.05, 0.1) is 0 Å². The van der Waals surface area contributed by atoms with Crippen molar-refractivity contribution in [2.75, 3.05) is 18.4 Å². The molecule has 0 unspecified atom stereocenters. The first-order chi connectivity index (χ1) is 12.3. The normalized spacial score (nSPS) is 15.8. The Hall–Kier alpha value is -2.22. The second kappa shape index (κ2) is 7.99. The first kappa shape index (κ1) is 18.6. The quantitative estimate of drug-likeness (QED) is 0.719. The van der Waals surface area contributed by atoms with E-state index in [1.165, 1.54) is 0 Å². The molecule has 8 heteroatoms. The number of aromatic nitrogens is 3. The third-order valence-corrected chi connectivity index (χ3v) is 5.42. The van der Waals surface area contributed by atoms with E-state index in [1.807, 2.05) is 41.9 Å². The molecule has 6 nitrogen and oxygen atoms in total. The van der Waals surface area contributed by atoms with Crippen molar-refractivity contribution in [2.45, 2.75) is 18.4 Å². The average molecular weight is 390 g/mol.